The second-order valence-corrected chi connectivity index (χ2v) is 2.68. The number of carboxylic acids is 1. The molecule has 0 saturated carbocycles. The van der Waals surface area contributed by atoms with Crippen LogP contribution in [0.2, 0.25) is 0 Å². The van der Waals surface area contributed by atoms with E-state index in [1.54, 1.807) is 29.3 Å². The maximum absolute atomic E-state index is 10.3. The molecule has 0 aliphatic heterocycles. The lowest BCUT2D eigenvalue weighted by Gasteiger charge is -1.90. The molecule has 5 heteroatoms. The second kappa shape index (κ2) is 3.29. The van der Waals surface area contributed by atoms with E-state index in [1.807, 2.05) is 0 Å². The van der Waals surface area contributed by atoms with E-state index in [0.717, 1.165) is 17.2 Å². The first-order chi connectivity index (χ1) is 6.77. The minimum absolute atomic E-state index is 0.737. The molecule has 2 rings (SSSR count). The molecule has 1 N–H and O–H groups in total. The molecule has 0 saturated heterocycles. The van der Waals surface area contributed by atoms with E-state index < -0.39 is 5.97 Å². The van der Waals surface area contributed by atoms with Gasteiger partial charge in [-0.25, -0.2) is 9.31 Å². The number of hydrogen-bond donors (Lipinski definition) is 1. The van der Waals surface area contributed by atoms with Crippen LogP contribution >= 0.6 is 0 Å². The Morgan fingerprint density at radius 2 is 2.36 bits per heavy atom. The largest absolute Gasteiger partial charge is 0.478 e. The predicted molar refractivity (Wildman–Crippen MR) is 49.7 cm³/mol. The molecule has 14 heavy (non-hydrogen) atoms. The van der Waals surface area contributed by atoms with Gasteiger partial charge in [0.15, 0.2) is 0 Å². The first-order valence-corrected chi connectivity index (χ1v) is 3.96. The van der Waals surface area contributed by atoms with E-state index in [9.17, 15) is 4.79 Å². The normalized spacial score (nSPS) is 11.1. The number of carboxylic acid groups (broad SMARTS) is 1. The molecular formula is C9H7N3O2. The fourth-order valence-corrected chi connectivity index (χ4v) is 1.14. The third-order valence-electron chi connectivity index (χ3n) is 1.76. The molecule has 2 heterocycles. The van der Waals surface area contributed by atoms with E-state index in [1.165, 1.54) is 6.08 Å². The van der Waals surface area contributed by atoms with E-state index in [4.69, 9.17) is 5.11 Å². The summed E-state index contributed by atoms with van der Waals surface area (Å²) < 4.78 is 1.63. The summed E-state index contributed by atoms with van der Waals surface area (Å²) in [5.74, 6) is -0.978. The quantitative estimate of drug-likeness (QED) is 0.710. The number of nitrogens with zero attached hydrogens (tertiary/aromatic N) is 3. The number of aromatic nitrogens is 3. The van der Waals surface area contributed by atoms with Gasteiger partial charge in [0, 0.05) is 24.0 Å². The number of carbonyl (C=O) groups is 1. The van der Waals surface area contributed by atoms with Crippen molar-refractivity contribution in [1.29, 1.82) is 0 Å². The zero-order chi connectivity index (χ0) is 9.97. The highest BCUT2D eigenvalue weighted by Crippen LogP contribution is 2.09. The van der Waals surface area contributed by atoms with Crippen molar-refractivity contribution < 1.29 is 9.90 Å². The van der Waals surface area contributed by atoms with Crippen LogP contribution in [0.25, 0.3) is 11.6 Å². The van der Waals surface area contributed by atoms with E-state index >= 15 is 0 Å². The van der Waals surface area contributed by atoms with Crippen molar-refractivity contribution >= 4 is 17.6 Å². The molecule has 0 unspecified atom stereocenters. The Balaban J connectivity index is 2.48. The third kappa shape index (κ3) is 1.47. The molecule has 2 aromatic heterocycles. The topological polar surface area (TPSA) is 67.5 Å². The van der Waals surface area contributed by atoms with Crippen molar-refractivity contribution in [3.8, 4) is 0 Å². The van der Waals surface area contributed by atoms with Gasteiger partial charge in [0.25, 0.3) is 0 Å². The summed E-state index contributed by atoms with van der Waals surface area (Å²) in [6.45, 7) is 0. The number of fused-ring (bicyclic) bond motifs is 1. The summed E-state index contributed by atoms with van der Waals surface area (Å²) >= 11 is 0. The molecule has 0 fully saturated rings. The summed E-state index contributed by atoms with van der Waals surface area (Å²) in [6.07, 6.45) is 9.11. The Morgan fingerprint density at radius 1 is 1.50 bits per heavy atom. The van der Waals surface area contributed by atoms with Crippen LogP contribution in [0.1, 0.15) is 5.56 Å². The van der Waals surface area contributed by atoms with Crippen molar-refractivity contribution in [3.05, 3.63) is 36.4 Å². The van der Waals surface area contributed by atoms with Gasteiger partial charge in [0.2, 0.25) is 0 Å². The summed E-state index contributed by atoms with van der Waals surface area (Å²) in [6, 6.07) is 0. The Bertz CT molecular complexity index is 501. The Morgan fingerprint density at radius 3 is 3.14 bits per heavy atom. The van der Waals surface area contributed by atoms with Gasteiger partial charge in [-0.3, -0.25) is 4.98 Å². The van der Waals surface area contributed by atoms with Crippen molar-refractivity contribution in [2.24, 2.45) is 0 Å². The van der Waals surface area contributed by atoms with Gasteiger partial charge in [-0.1, -0.05) is 0 Å². The standard InChI is InChI=1S/C9H7N3O2/c13-9(14)2-1-7-5-11-12-4-3-10-6-8(7)12/h1-6H,(H,13,14)/b2-1+. The number of hydrogen-bond acceptors (Lipinski definition) is 3. The summed E-state index contributed by atoms with van der Waals surface area (Å²) in [4.78, 5) is 14.2. The monoisotopic (exact) mass is 189 g/mol. The molecule has 0 spiro atoms. The molecule has 0 radical (unpaired) electrons. The van der Waals surface area contributed by atoms with Crippen molar-refractivity contribution in [1.82, 2.24) is 14.6 Å². The molecule has 0 aliphatic carbocycles. The molecular weight excluding hydrogens is 182 g/mol. The molecule has 0 atom stereocenters. The minimum atomic E-state index is -0.978. The Kier molecular flexibility index (Phi) is 1.98. The molecule has 0 amide bonds. The average molecular weight is 189 g/mol. The van der Waals surface area contributed by atoms with Crippen LogP contribution in [-0.2, 0) is 4.79 Å². The van der Waals surface area contributed by atoms with Crippen LogP contribution in [0, 0.1) is 0 Å². The van der Waals surface area contributed by atoms with Crippen LogP contribution in [0.15, 0.2) is 30.9 Å². The predicted octanol–water partition coefficient (Wildman–Crippen LogP) is 0.827. The second-order valence-electron chi connectivity index (χ2n) is 2.68. The van der Waals surface area contributed by atoms with E-state index in [-0.39, 0.29) is 0 Å². The zero-order valence-corrected chi connectivity index (χ0v) is 7.16. The molecule has 0 aromatic carbocycles. The first-order valence-electron chi connectivity index (χ1n) is 3.96. The smallest absolute Gasteiger partial charge is 0.328 e. The Hall–Kier alpha value is -2.17. The average Bonchev–Trinajstić information content (AvgIpc) is 2.58. The number of rotatable bonds is 2. The first kappa shape index (κ1) is 8.43. The molecule has 2 aromatic rings. The van der Waals surface area contributed by atoms with Gasteiger partial charge < -0.3 is 5.11 Å². The van der Waals surface area contributed by atoms with Gasteiger partial charge >= 0.3 is 5.97 Å². The molecule has 0 aliphatic rings. The van der Waals surface area contributed by atoms with Crippen LogP contribution in [0.4, 0.5) is 0 Å². The van der Waals surface area contributed by atoms with Gasteiger partial charge in [-0.15, -0.1) is 0 Å². The third-order valence-corrected chi connectivity index (χ3v) is 1.76. The molecule has 70 valence electrons. The van der Waals surface area contributed by atoms with Gasteiger partial charge in [-0.05, 0) is 6.08 Å². The maximum Gasteiger partial charge on any atom is 0.328 e. The summed E-state index contributed by atoms with van der Waals surface area (Å²) in [7, 11) is 0. The lowest BCUT2D eigenvalue weighted by Crippen LogP contribution is -1.87. The van der Waals surface area contributed by atoms with Crippen LogP contribution in [-0.4, -0.2) is 25.7 Å². The van der Waals surface area contributed by atoms with Crippen LogP contribution < -0.4 is 0 Å². The number of aliphatic carboxylic acids is 1. The fraction of sp³-hybridized carbons (Fsp3) is 0. The van der Waals surface area contributed by atoms with Crippen molar-refractivity contribution in [2.75, 3.05) is 0 Å². The lowest BCUT2D eigenvalue weighted by atomic mass is 10.3. The van der Waals surface area contributed by atoms with E-state index in [0.29, 0.717) is 0 Å². The highest BCUT2D eigenvalue weighted by molar-refractivity contribution is 5.87. The Labute approximate surface area is 79.3 Å². The lowest BCUT2D eigenvalue weighted by molar-refractivity contribution is -0.131. The SMILES string of the molecule is O=C(O)/C=C/c1cnn2ccncc12. The fourth-order valence-electron chi connectivity index (χ4n) is 1.14. The van der Waals surface area contributed by atoms with Crippen LogP contribution in [0.3, 0.4) is 0 Å². The van der Waals surface area contributed by atoms with Crippen molar-refractivity contribution in [3.63, 3.8) is 0 Å². The van der Waals surface area contributed by atoms with Gasteiger partial charge in [0.05, 0.1) is 17.9 Å². The summed E-state index contributed by atoms with van der Waals surface area (Å²) in [5, 5.41) is 12.5. The van der Waals surface area contributed by atoms with Crippen LogP contribution in [0.5, 0.6) is 0 Å². The molecule has 5 nitrogen and oxygen atoms in total. The molecule has 0 bridgehead atoms. The maximum atomic E-state index is 10.3. The van der Waals surface area contributed by atoms with Gasteiger partial charge in [-0.2, -0.15) is 5.10 Å². The summed E-state index contributed by atoms with van der Waals surface area (Å²) in [5.41, 5.74) is 1.52. The van der Waals surface area contributed by atoms with Crippen molar-refractivity contribution in [2.45, 2.75) is 0 Å². The van der Waals surface area contributed by atoms with Gasteiger partial charge in [0.1, 0.15) is 0 Å². The zero-order valence-electron chi connectivity index (χ0n) is 7.16. The van der Waals surface area contributed by atoms with E-state index in [2.05, 4.69) is 10.1 Å². The highest BCUT2D eigenvalue weighted by atomic mass is 16.4. The highest BCUT2D eigenvalue weighted by Gasteiger charge is 1.99. The minimum Gasteiger partial charge on any atom is -0.478 e.